The molecule has 0 bridgehead atoms. The predicted octanol–water partition coefficient (Wildman–Crippen LogP) is 2.53. The summed E-state index contributed by atoms with van der Waals surface area (Å²) in [5.74, 6) is -0.449. The standard InChI is InChI=1S/C11H9ClN4O3/c1-6-10(14-5-13-6)11(17)15-7-2-3-8(12)9(4-7)16(18)19/h2-5H,1H3,(H,13,14)(H,15,17). The van der Waals surface area contributed by atoms with Gasteiger partial charge in [0.05, 0.1) is 11.3 Å². The number of imidazole rings is 1. The number of hydrogen-bond acceptors (Lipinski definition) is 4. The summed E-state index contributed by atoms with van der Waals surface area (Å²) in [5.41, 5.74) is 0.861. The summed E-state index contributed by atoms with van der Waals surface area (Å²) in [6, 6.07) is 4.03. The first kappa shape index (κ1) is 13.0. The van der Waals surface area contributed by atoms with Crippen LogP contribution in [0.5, 0.6) is 0 Å². The van der Waals surface area contributed by atoms with Gasteiger partial charge >= 0.3 is 0 Å². The Morgan fingerprint density at radius 1 is 1.53 bits per heavy atom. The molecule has 1 aromatic heterocycles. The van der Waals surface area contributed by atoms with Crippen LogP contribution in [0.3, 0.4) is 0 Å². The van der Waals surface area contributed by atoms with Gasteiger partial charge in [0.25, 0.3) is 11.6 Å². The van der Waals surface area contributed by atoms with Gasteiger partial charge in [-0.05, 0) is 19.1 Å². The number of carbonyl (C=O) groups excluding carboxylic acids is 1. The maximum absolute atomic E-state index is 11.9. The Bertz CT molecular complexity index is 653. The number of amides is 1. The second kappa shape index (κ2) is 5.07. The van der Waals surface area contributed by atoms with Crippen LogP contribution in [-0.2, 0) is 0 Å². The number of aryl methyl sites for hydroxylation is 1. The van der Waals surface area contributed by atoms with E-state index >= 15 is 0 Å². The van der Waals surface area contributed by atoms with Crippen molar-refractivity contribution < 1.29 is 9.72 Å². The van der Waals surface area contributed by atoms with Crippen LogP contribution in [0.4, 0.5) is 11.4 Å². The lowest BCUT2D eigenvalue weighted by Crippen LogP contribution is -2.13. The molecule has 0 aliphatic carbocycles. The van der Waals surface area contributed by atoms with Crippen LogP contribution in [0, 0.1) is 17.0 Å². The van der Waals surface area contributed by atoms with E-state index in [1.807, 2.05) is 0 Å². The van der Waals surface area contributed by atoms with Gasteiger partial charge in [-0.25, -0.2) is 4.98 Å². The summed E-state index contributed by atoms with van der Waals surface area (Å²) in [6.45, 7) is 1.70. The highest BCUT2D eigenvalue weighted by Gasteiger charge is 2.16. The molecule has 0 aliphatic heterocycles. The number of H-pyrrole nitrogens is 1. The summed E-state index contributed by atoms with van der Waals surface area (Å²) in [5, 5.41) is 13.3. The van der Waals surface area contributed by atoms with E-state index in [1.165, 1.54) is 24.5 Å². The molecule has 0 saturated carbocycles. The molecule has 8 heteroatoms. The SMILES string of the molecule is Cc1[nH]cnc1C(=O)Nc1ccc(Cl)c([N+](=O)[O-])c1. The molecule has 2 aromatic rings. The Balaban J connectivity index is 2.25. The van der Waals surface area contributed by atoms with Crippen molar-refractivity contribution in [3.8, 4) is 0 Å². The van der Waals surface area contributed by atoms with Gasteiger partial charge in [-0.2, -0.15) is 0 Å². The zero-order valence-electron chi connectivity index (χ0n) is 9.81. The second-order valence-electron chi connectivity index (χ2n) is 3.75. The zero-order valence-corrected chi connectivity index (χ0v) is 10.6. The lowest BCUT2D eigenvalue weighted by atomic mass is 10.2. The normalized spacial score (nSPS) is 10.2. The van der Waals surface area contributed by atoms with Crippen molar-refractivity contribution in [3.63, 3.8) is 0 Å². The summed E-state index contributed by atoms with van der Waals surface area (Å²) < 4.78 is 0. The number of carbonyl (C=O) groups is 1. The quantitative estimate of drug-likeness (QED) is 0.666. The van der Waals surface area contributed by atoms with Crippen LogP contribution in [0.15, 0.2) is 24.5 Å². The first-order chi connectivity index (χ1) is 8.99. The number of hydrogen-bond donors (Lipinski definition) is 2. The smallest absolute Gasteiger partial charge is 0.289 e. The summed E-state index contributed by atoms with van der Waals surface area (Å²) in [7, 11) is 0. The van der Waals surface area contributed by atoms with E-state index < -0.39 is 10.8 Å². The minimum absolute atomic E-state index is 0.0129. The van der Waals surface area contributed by atoms with Crippen molar-refractivity contribution in [2.75, 3.05) is 5.32 Å². The molecule has 1 heterocycles. The van der Waals surface area contributed by atoms with Crippen molar-refractivity contribution in [2.45, 2.75) is 6.92 Å². The van der Waals surface area contributed by atoms with E-state index in [9.17, 15) is 14.9 Å². The molecule has 0 atom stereocenters. The van der Waals surface area contributed by atoms with Gasteiger partial charge in [0, 0.05) is 17.4 Å². The summed E-state index contributed by atoms with van der Waals surface area (Å²) in [4.78, 5) is 28.6. The van der Waals surface area contributed by atoms with Crippen LogP contribution in [0.1, 0.15) is 16.2 Å². The molecule has 2 rings (SSSR count). The third kappa shape index (κ3) is 2.71. The number of nitrogens with one attached hydrogen (secondary N) is 2. The number of nitro benzene ring substituents is 1. The Hall–Kier alpha value is -2.41. The Morgan fingerprint density at radius 2 is 2.26 bits per heavy atom. The number of nitrogens with zero attached hydrogens (tertiary/aromatic N) is 2. The average molecular weight is 281 g/mol. The van der Waals surface area contributed by atoms with Gasteiger partial charge < -0.3 is 10.3 Å². The molecule has 1 aromatic carbocycles. The number of aromatic nitrogens is 2. The van der Waals surface area contributed by atoms with E-state index in [-0.39, 0.29) is 22.1 Å². The van der Waals surface area contributed by atoms with Gasteiger partial charge in [-0.15, -0.1) is 0 Å². The highest BCUT2D eigenvalue weighted by Crippen LogP contribution is 2.27. The molecule has 0 fully saturated rings. The van der Waals surface area contributed by atoms with Crippen LogP contribution in [0.25, 0.3) is 0 Å². The Labute approximate surface area is 112 Å². The number of anilines is 1. The number of halogens is 1. The van der Waals surface area contributed by atoms with Crippen LogP contribution >= 0.6 is 11.6 Å². The van der Waals surface area contributed by atoms with Gasteiger partial charge in [-0.1, -0.05) is 11.6 Å². The van der Waals surface area contributed by atoms with Crippen molar-refractivity contribution in [2.24, 2.45) is 0 Å². The van der Waals surface area contributed by atoms with Gasteiger partial charge in [0.2, 0.25) is 0 Å². The van der Waals surface area contributed by atoms with Gasteiger partial charge in [0.15, 0.2) is 0 Å². The minimum Gasteiger partial charge on any atom is -0.348 e. The molecule has 0 saturated heterocycles. The van der Waals surface area contributed by atoms with E-state index in [4.69, 9.17) is 11.6 Å². The molecular formula is C11H9ClN4O3. The number of benzene rings is 1. The van der Waals surface area contributed by atoms with Crippen molar-refractivity contribution in [1.29, 1.82) is 0 Å². The molecule has 1 amide bonds. The van der Waals surface area contributed by atoms with Crippen LogP contribution < -0.4 is 5.32 Å². The third-order valence-electron chi connectivity index (χ3n) is 2.45. The van der Waals surface area contributed by atoms with E-state index in [0.717, 1.165) is 0 Å². The molecule has 98 valence electrons. The Morgan fingerprint density at radius 3 is 2.84 bits per heavy atom. The fourth-order valence-electron chi connectivity index (χ4n) is 1.51. The summed E-state index contributed by atoms with van der Waals surface area (Å²) >= 11 is 5.68. The van der Waals surface area contributed by atoms with Gasteiger partial charge in [0.1, 0.15) is 10.7 Å². The van der Waals surface area contributed by atoms with Crippen molar-refractivity contribution >= 4 is 28.9 Å². The molecule has 0 unspecified atom stereocenters. The highest BCUT2D eigenvalue weighted by atomic mass is 35.5. The minimum atomic E-state index is -0.613. The molecule has 2 N–H and O–H groups in total. The fraction of sp³-hybridized carbons (Fsp3) is 0.0909. The van der Waals surface area contributed by atoms with Gasteiger partial charge in [-0.3, -0.25) is 14.9 Å². The monoisotopic (exact) mass is 280 g/mol. The molecule has 0 radical (unpaired) electrons. The lowest BCUT2D eigenvalue weighted by Gasteiger charge is -2.04. The predicted molar refractivity (Wildman–Crippen MR) is 69.4 cm³/mol. The average Bonchev–Trinajstić information content (AvgIpc) is 2.77. The topological polar surface area (TPSA) is 101 Å². The fourth-order valence-corrected chi connectivity index (χ4v) is 1.69. The molecule has 19 heavy (non-hydrogen) atoms. The first-order valence-corrected chi connectivity index (χ1v) is 5.62. The number of aromatic amines is 1. The first-order valence-electron chi connectivity index (χ1n) is 5.24. The molecule has 7 nitrogen and oxygen atoms in total. The lowest BCUT2D eigenvalue weighted by molar-refractivity contribution is -0.384. The maximum Gasteiger partial charge on any atom is 0.289 e. The zero-order chi connectivity index (χ0) is 14.0. The Kier molecular flexibility index (Phi) is 3.48. The maximum atomic E-state index is 11.9. The summed E-state index contributed by atoms with van der Waals surface area (Å²) in [6.07, 6.45) is 1.40. The van der Waals surface area contributed by atoms with E-state index in [2.05, 4.69) is 15.3 Å². The number of rotatable bonds is 3. The van der Waals surface area contributed by atoms with E-state index in [1.54, 1.807) is 6.92 Å². The van der Waals surface area contributed by atoms with Crippen molar-refractivity contribution in [1.82, 2.24) is 9.97 Å². The molecule has 0 aliphatic rings. The molecular weight excluding hydrogens is 272 g/mol. The second-order valence-corrected chi connectivity index (χ2v) is 4.16. The van der Waals surface area contributed by atoms with Crippen LogP contribution in [-0.4, -0.2) is 20.8 Å². The van der Waals surface area contributed by atoms with E-state index in [0.29, 0.717) is 5.69 Å². The molecule has 0 spiro atoms. The number of nitro groups is 1. The highest BCUT2D eigenvalue weighted by molar-refractivity contribution is 6.32. The van der Waals surface area contributed by atoms with Crippen LogP contribution in [0.2, 0.25) is 5.02 Å². The third-order valence-corrected chi connectivity index (χ3v) is 2.77. The largest absolute Gasteiger partial charge is 0.348 e. The van der Waals surface area contributed by atoms with Crippen molar-refractivity contribution in [3.05, 3.63) is 51.1 Å².